The molecule has 0 aliphatic rings. The van der Waals surface area contributed by atoms with E-state index in [0.29, 0.717) is 12.1 Å². The standard InChI is InChI=1S/C16H16BrNO3S/c1-11(16(20)18-14-5-3-13(17)4-6-14)21-15(19)7-2-12-8-9-22-10-12/h3-6,8-11H,2,7H2,1H3,(H,18,20)/t11-/m1/s1. The fourth-order valence-electron chi connectivity index (χ4n) is 1.77. The van der Waals surface area contributed by atoms with Gasteiger partial charge in [0.1, 0.15) is 0 Å². The molecule has 0 radical (unpaired) electrons. The summed E-state index contributed by atoms with van der Waals surface area (Å²) in [6, 6.07) is 9.17. The molecule has 2 aromatic rings. The van der Waals surface area contributed by atoms with Crippen molar-refractivity contribution in [1.29, 1.82) is 0 Å². The minimum absolute atomic E-state index is 0.270. The molecule has 116 valence electrons. The molecule has 2 rings (SSSR count). The monoisotopic (exact) mass is 381 g/mol. The van der Waals surface area contributed by atoms with E-state index < -0.39 is 6.10 Å². The number of rotatable bonds is 6. The molecule has 0 saturated carbocycles. The van der Waals surface area contributed by atoms with Crippen LogP contribution in [0.3, 0.4) is 0 Å². The number of aryl methyl sites for hydroxylation is 1. The molecule has 0 aliphatic carbocycles. The molecular formula is C16H16BrNO3S. The summed E-state index contributed by atoms with van der Waals surface area (Å²) in [5.74, 6) is -0.712. The number of amides is 1. The number of thiophene rings is 1. The number of esters is 1. The summed E-state index contributed by atoms with van der Waals surface area (Å²) >= 11 is 4.92. The lowest BCUT2D eigenvalue weighted by molar-refractivity contribution is -0.153. The molecule has 1 aromatic heterocycles. The van der Waals surface area contributed by atoms with Gasteiger partial charge in [-0.15, -0.1) is 0 Å². The number of hydrogen-bond donors (Lipinski definition) is 1. The molecular weight excluding hydrogens is 366 g/mol. The van der Waals surface area contributed by atoms with Crippen molar-refractivity contribution in [1.82, 2.24) is 0 Å². The van der Waals surface area contributed by atoms with E-state index in [9.17, 15) is 9.59 Å². The minimum atomic E-state index is -0.821. The van der Waals surface area contributed by atoms with Crippen LogP contribution in [-0.4, -0.2) is 18.0 Å². The molecule has 1 amide bonds. The first kappa shape index (κ1) is 16.7. The van der Waals surface area contributed by atoms with Gasteiger partial charge in [0.05, 0.1) is 0 Å². The van der Waals surface area contributed by atoms with Crippen LogP contribution < -0.4 is 5.32 Å². The average molecular weight is 382 g/mol. The fourth-order valence-corrected chi connectivity index (χ4v) is 2.74. The van der Waals surface area contributed by atoms with Crippen LogP contribution in [0, 0.1) is 0 Å². The first-order valence-corrected chi connectivity index (χ1v) is 8.55. The molecule has 0 aliphatic heterocycles. The first-order chi connectivity index (χ1) is 10.5. The highest BCUT2D eigenvalue weighted by Crippen LogP contribution is 2.15. The highest BCUT2D eigenvalue weighted by atomic mass is 79.9. The van der Waals surface area contributed by atoms with Crippen LogP contribution in [0.15, 0.2) is 45.6 Å². The van der Waals surface area contributed by atoms with Crippen molar-refractivity contribution >= 4 is 44.8 Å². The van der Waals surface area contributed by atoms with Crippen LogP contribution in [0.1, 0.15) is 18.9 Å². The number of hydrogen-bond acceptors (Lipinski definition) is 4. The van der Waals surface area contributed by atoms with Crippen molar-refractivity contribution in [3.8, 4) is 0 Å². The van der Waals surface area contributed by atoms with Gasteiger partial charge in [0, 0.05) is 16.6 Å². The van der Waals surface area contributed by atoms with Crippen molar-refractivity contribution in [2.75, 3.05) is 5.32 Å². The zero-order valence-corrected chi connectivity index (χ0v) is 14.4. The van der Waals surface area contributed by atoms with Crippen molar-refractivity contribution in [2.24, 2.45) is 0 Å². The van der Waals surface area contributed by atoms with Crippen LogP contribution in [-0.2, 0) is 20.7 Å². The van der Waals surface area contributed by atoms with Crippen LogP contribution in [0.5, 0.6) is 0 Å². The zero-order chi connectivity index (χ0) is 15.9. The van der Waals surface area contributed by atoms with E-state index in [1.807, 2.05) is 29.0 Å². The van der Waals surface area contributed by atoms with E-state index in [2.05, 4.69) is 21.2 Å². The largest absolute Gasteiger partial charge is 0.453 e. The number of anilines is 1. The number of nitrogens with one attached hydrogen (secondary N) is 1. The zero-order valence-electron chi connectivity index (χ0n) is 12.0. The van der Waals surface area contributed by atoms with Crippen molar-refractivity contribution < 1.29 is 14.3 Å². The van der Waals surface area contributed by atoms with E-state index in [-0.39, 0.29) is 18.3 Å². The molecule has 6 heteroatoms. The van der Waals surface area contributed by atoms with E-state index in [1.165, 1.54) is 0 Å². The third-order valence-corrected chi connectivity index (χ3v) is 4.25. The number of carbonyl (C=O) groups excluding carboxylic acids is 2. The van der Waals surface area contributed by atoms with Gasteiger partial charge < -0.3 is 10.1 Å². The van der Waals surface area contributed by atoms with Gasteiger partial charge in [-0.2, -0.15) is 11.3 Å². The number of carbonyl (C=O) groups is 2. The first-order valence-electron chi connectivity index (χ1n) is 6.81. The number of halogens is 1. The Morgan fingerprint density at radius 1 is 1.27 bits per heavy atom. The molecule has 1 heterocycles. The lowest BCUT2D eigenvalue weighted by Crippen LogP contribution is -2.30. The van der Waals surface area contributed by atoms with Gasteiger partial charge in [-0.1, -0.05) is 15.9 Å². The summed E-state index contributed by atoms with van der Waals surface area (Å²) in [6.07, 6.45) is 0.0781. The highest BCUT2D eigenvalue weighted by molar-refractivity contribution is 9.10. The molecule has 1 aromatic carbocycles. The lowest BCUT2D eigenvalue weighted by atomic mass is 10.2. The van der Waals surface area contributed by atoms with E-state index in [1.54, 1.807) is 30.4 Å². The quantitative estimate of drug-likeness (QED) is 0.768. The summed E-state index contributed by atoms with van der Waals surface area (Å²) in [5, 5.41) is 6.67. The van der Waals surface area contributed by atoms with Gasteiger partial charge in [0.25, 0.3) is 5.91 Å². The Bertz CT molecular complexity index is 625. The topological polar surface area (TPSA) is 55.4 Å². The van der Waals surface area contributed by atoms with E-state index >= 15 is 0 Å². The lowest BCUT2D eigenvalue weighted by Gasteiger charge is -2.13. The molecule has 1 atom stereocenters. The second kappa shape index (κ2) is 8.10. The third-order valence-electron chi connectivity index (χ3n) is 2.99. The molecule has 4 nitrogen and oxygen atoms in total. The third kappa shape index (κ3) is 5.27. The summed E-state index contributed by atoms with van der Waals surface area (Å²) in [4.78, 5) is 23.7. The van der Waals surface area contributed by atoms with Crippen molar-refractivity contribution in [2.45, 2.75) is 25.9 Å². The summed E-state index contributed by atoms with van der Waals surface area (Å²) < 4.78 is 6.08. The Hall–Kier alpha value is -1.66. The molecule has 0 unspecified atom stereocenters. The Morgan fingerprint density at radius 2 is 2.00 bits per heavy atom. The van der Waals surface area contributed by atoms with E-state index in [0.717, 1.165) is 10.0 Å². The maximum atomic E-state index is 12.0. The molecule has 22 heavy (non-hydrogen) atoms. The SMILES string of the molecule is C[C@@H](OC(=O)CCc1ccsc1)C(=O)Nc1ccc(Br)cc1. The second-order valence-electron chi connectivity index (χ2n) is 4.76. The number of benzene rings is 1. The Kier molecular flexibility index (Phi) is 6.15. The van der Waals surface area contributed by atoms with Gasteiger partial charge >= 0.3 is 5.97 Å². The Labute approximate surface area is 141 Å². The van der Waals surface area contributed by atoms with Gasteiger partial charge in [-0.3, -0.25) is 9.59 Å². The summed E-state index contributed by atoms with van der Waals surface area (Å²) in [6.45, 7) is 1.57. The van der Waals surface area contributed by atoms with Crippen molar-refractivity contribution in [3.63, 3.8) is 0 Å². The molecule has 0 bridgehead atoms. The molecule has 0 fully saturated rings. The second-order valence-corrected chi connectivity index (χ2v) is 6.46. The summed E-state index contributed by atoms with van der Waals surface area (Å²) in [7, 11) is 0. The van der Waals surface area contributed by atoms with Gasteiger partial charge in [0.15, 0.2) is 6.10 Å². The predicted octanol–water partition coefficient (Wildman–Crippen LogP) is 4.01. The predicted molar refractivity (Wildman–Crippen MR) is 91.0 cm³/mol. The molecule has 0 spiro atoms. The van der Waals surface area contributed by atoms with Gasteiger partial charge in [-0.25, -0.2) is 0 Å². The molecule has 1 N–H and O–H groups in total. The van der Waals surface area contributed by atoms with Gasteiger partial charge in [-0.05, 0) is 60.0 Å². The minimum Gasteiger partial charge on any atom is -0.453 e. The van der Waals surface area contributed by atoms with Crippen LogP contribution >= 0.6 is 27.3 Å². The van der Waals surface area contributed by atoms with Crippen LogP contribution in [0.2, 0.25) is 0 Å². The van der Waals surface area contributed by atoms with Crippen LogP contribution in [0.4, 0.5) is 5.69 Å². The number of ether oxygens (including phenoxy) is 1. The maximum absolute atomic E-state index is 12.0. The highest BCUT2D eigenvalue weighted by Gasteiger charge is 2.17. The van der Waals surface area contributed by atoms with Crippen molar-refractivity contribution in [3.05, 3.63) is 51.1 Å². The Balaban J connectivity index is 1.77. The van der Waals surface area contributed by atoms with Gasteiger partial charge in [0.2, 0.25) is 0 Å². The normalized spacial score (nSPS) is 11.7. The smallest absolute Gasteiger partial charge is 0.306 e. The summed E-state index contributed by atoms with van der Waals surface area (Å²) in [5.41, 5.74) is 1.77. The maximum Gasteiger partial charge on any atom is 0.306 e. The molecule has 0 saturated heterocycles. The van der Waals surface area contributed by atoms with Crippen LogP contribution in [0.25, 0.3) is 0 Å². The fraction of sp³-hybridized carbons (Fsp3) is 0.250. The van der Waals surface area contributed by atoms with E-state index in [4.69, 9.17) is 4.74 Å². The average Bonchev–Trinajstić information content (AvgIpc) is 3.01. The Morgan fingerprint density at radius 3 is 2.64 bits per heavy atom.